The van der Waals surface area contributed by atoms with E-state index < -0.39 is 11.7 Å². The van der Waals surface area contributed by atoms with Crippen LogP contribution in [0.1, 0.15) is 54.9 Å². The average molecular weight is 504 g/mol. The summed E-state index contributed by atoms with van der Waals surface area (Å²) >= 11 is 0. The molecule has 0 amide bonds. The molecule has 0 atom stereocenters. The lowest BCUT2D eigenvalue weighted by Gasteiger charge is -2.47. The zero-order valence-electron chi connectivity index (χ0n) is 20.0. The molecule has 188 valence electrons. The number of alkyl halides is 3. The number of rotatable bonds is 4. The summed E-state index contributed by atoms with van der Waals surface area (Å²) in [5.74, 6) is 0.959. The Morgan fingerprint density at radius 1 is 1.03 bits per heavy atom. The molecule has 2 aliphatic carbocycles. The highest BCUT2D eigenvalue weighted by atomic mass is 19.4. The molecular weight excluding hydrogens is 479 g/mol. The van der Waals surface area contributed by atoms with Crippen LogP contribution >= 0.6 is 0 Å². The first-order valence-electron chi connectivity index (χ1n) is 12.6. The van der Waals surface area contributed by atoms with Crippen molar-refractivity contribution < 1.29 is 17.7 Å². The van der Waals surface area contributed by atoms with Crippen molar-refractivity contribution in [2.45, 2.75) is 44.2 Å². The summed E-state index contributed by atoms with van der Waals surface area (Å²) in [5.41, 5.74) is 3.39. The third-order valence-corrected chi connectivity index (χ3v) is 8.02. The molecule has 3 aliphatic rings. The molecule has 1 aromatic carbocycles. The maximum Gasteiger partial charge on any atom is 0.417 e. The van der Waals surface area contributed by atoms with Crippen LogP contribution in [0.4, 0.5) is 18.9 Å². The van der Waals surface area contributed by atoms with Gasteiger partial charge in [-0.2, -0.15) is 23.4 Å². The fraction of sp³-hybridized carbons (Fsp3) is 0.357. The number of pyridine rings is 1. The third-order valence-electron chi connectivity index (χ3n) is 8.02. The fourth-order valence-electron chi connectivity index (χ4n) is 5.83. The molecule has 2 fully saturated rings. The Balaban J connectivity index is 1.17. The van der Waals surface area contributed by atoms with Gasteiger partial charge in [0.1, 0.15) is 11.5 Å². The Hall–Kier alpha value is -3.75. The third kappa shape index (κ3) is 3.88. The summed E-state index contributed by atoms with van der Waals surface area (Å²) in [4.78, 5) is 6.35. The maximum absolute atomic E-state index is 13.8. The first-order chi connectivity index (χ1) is 17.9. The first-order valence-corrected chi connectivity index (χ1v) is 12.6. The van der Waals surface area contributed by atoms with Gasteiger partial charge in [-0.3, -0.25) is 4.98 Å². The lowest BCUT2D eigenvalue weighted by molar-refractivity contribution is -0.137. The molecule has 1 saturated carbocycles. The molecule has 9 heteroatoms. The van der Waals surface area contributed by atoms with Crippen molar-refractivity contribution in [3.05, 3.63) is 71.9 Å². The summed E-state index contributed by atoms with van der Waals surface area (Å²) in [6.07, 6.45) is 6.62. The van der Waals surface area contributed by atoms with E-state index in [1.165, 1.54) is 12.4 Å². The van der Waals surface area contributed by atoms with Gasteiger partial charge >= 0.3 is 6.18 Å². The van der Waals surface area contributed by atoms with Crippen molar-refractivity contribution in [2.24, 2.45) is 5.41 Å². The van der Waals surface area contributed by atoms with Gasteiger partial charge in [0.25, 0.3) is 0 Å². The van der Waals surface area contributed by atoms with E-state index in [-0.39, 0.29) is 22.6 Å². The second-order valence-corrected chi connectivity index (χ2v) is 10.4. The van der Waals surface area contributed by atoms with E-state index in [1.54, 1.807) is 6.20 Å². The summed E-state index contributed by atoms with van der Waals surface area (Å²) in [5, 5.41) is 13.5. The van der Waals surface area contributed by atoms with Gasteiger partial charge < -0.3 is 9.42 Å². The van der Waals surface area contributed by atoms with E-state index >= 15 is 0 Å². The van der Waals surface area contributed by atoms with Crippen LogP contribution in [-0.4, -0.2) is 33.4 Å². The predicted molar refractivity (Wildman–Crippen MR) is 133 cm³/mol. The lowest BCUT2D eigenvalue weighted by atomic mass is 9.63. The van der Waals surface area contributed by atoms with Gasteiger partial charge in [-0.05, 0) is 67.4 Å². The lowest BCUT2D eigenvalue weighted by Crippen LogP contribution is -2.42. The molecule has 0 radical (unpaired) electrons. The number of anilines is 1. The van der Waals surface area contributed by atoms with E-state index in [2.05, 4.69) is 49.5 Å². The second-order valence-electron chi connectivity index (χ2n) is 10.4. The number of aromatic nitrogens is 4. The van der Waals surface area contributed by atoms with E-state index in [0.717, 1.165) is 84.7 Å². The molecule has 6 nitrogen and oxygen atoms in total. The molecule has 4 aromatic rings. The molecule has 0 N–H and O–H groups in total. The molecule has 37 heavy (non-hydrogen) atoms. The Morgan fingerprint density at radius 3 is 2.59 bits per heavy atom. The quantitative estimate of drug-likeness (QED) is 0.311. The molecule has 0 bridgehead atoms. The van der Waals surface area contributed by atoms with Crippen LogP contribution in [0.3, 0.4) is 0 Å². The summed E-state index contributed by atoms with van der Waals surface area (Å²) in [6, 6.07) is 9.25. The molecule has 4 heterocycles. The maximum atomic E-state index is 13.8. The van der Waals surface area contributed by atoms with Crippen LogP contribution in [0.15, 0.2) is 59.5 Å². The minimum absolute atomic E-state index is 0.0169. The van der Waals surface area contributed by atoms with Gasteiger partial charge in [-0.25, -0.2) is 0 Å². The summed E-state index contributed by atoms with van der Waals surface area (Å²) in [6.45, 7) is 1.81. The van der Waals surface area contributed by atoms with E-state index in [9.17, 15) is 13.2 Å². The number of fused-ring (bicyclic) bond motifs is 1. The van der Waals surface area contributed by atoms with E-state index in [0.29, 0.717) is 0 Å². The zero-order chi connectivity index (χ0) is 25.2. The van der Waals surface area contributed by atoms with Crippen LogP contribution in [0.2, 0.25) is 0 Å². The van der Waals surface area contributed by atoms with Crippen molar-refractivity contribution in [3.8, 4) is 11.3 Å². The van der Waals surface area contributed by atoms with Gasteiger partial charge in [0.15, 0.2) is 0 Å². The van der Waals surface area contributed by atoms with Gasteiger partial charge in [-0.1, -0.05) is 17.3 Å². The molecule has 7 rings (SSSR count). The number of nitrogens with zero attached hydrogens (tertiary/aromatic N) is 5. The van der Waals surface area contributed by atoms with Crippen molar-refractivity contribution in [2.75, 3.05) is 18.0 Å². The number of hydrogen-bond donors (Lipinski definition) is 0. The standard InChI is InChI=1S/C28H24F3N5O/c29-28(30,31)22-6-9-32-16-21(22)25-24(26(37-35-25)18-1-2-18)19-14-27(15-19)7-11-36(12-8-27)20-4-3-17-5-10-33-34-23(17)13-20/h3-6,9-10,13-14,16,18H,1-2,7-8,11-12,15H2. The minimum Gasteiger partial charge on any atom is -0.371 e. The van der Waals surface area contributed by atoms with E-state index in [1.807, 2.05) is 6.07 Å². The zero-order valence-corrected chi connectivity index (χ0v) is 20.0. The van der Waals surface area contributed by atoms with Gasteiger partial charge in [-0.15, -0.1) is 0 Å². The van der Waals surface area contributed by atoms with Crippen molar-refractivity contribution in [1.82, 2.24) is 20.3 Å². The van der Waals surface area contributed by atoms with Crippen LogP contribution in [0.25, 0.3) is 27.7 Å². The monoisotopic (exact) mass is 503 g/mol. The largest absolute Gasteiger partial charge is 0.417 e. The number of piperidine rings is 1. The molecule has 1 spiro atoms. The molecule has 3 aromatic heterocycles. The van der Waals surface area contributed by atoms with Gasteiger partial charge in [0, 0.05) is 53.6 Å². The van der Waals surface area contributed by atoms with Crippen molar-refractivity contribution in [3.63, 3.8) is 0 Å². The van der Waals surface area contributed by atoms with Crippen LogP contribution < -0.4 is 4.90 Å². The highest BCUT2D eigenvalue weighted by molar-refractivity contribution is 5.85. The van der Waals surface area contributed by atoms with Crippen LogP contribution in [-0.2, 0) is 6.18 Å². The fourth-order valence-corrected chi connectivity index (χ4v) is 5.83. The SMILES string of the molecule is FC(F)(F)c1ccncc1-c1noc(C2CC2)c1C1=CC2(CCN(c3ccc4ccnnc4c3)CC2)C1. The number of allylic oxidation sites excluding steroid dienone is 2. The predicted octanol–water partition coefficient (Wildman–Crippen LogP) is 6.65. The number of hydrogen-bond acceptors (Lipinski definition) is 6. The molecule has 0 unspecified atom stereocenters. The highest BCUT2D eigenvalue weighted by Crippen LogP contribution is 2.56. The summed E-state index contributed by atoms with van der Waals surface area (Å²) < 4.78 is 47.0. The molecule has 1 saturated heterocycles. The highest BCUT2D eigenvalue weighted by Gasteiger charge is 2.45. The first kappa shape index (κ1) is 22.4. The smallest absolute Gasteiger partial charge is 0.371 e. The number of halogens is 3. The van der Waals surface area contributed by atoms with Gasteiger partial charge in [0.2, 0.25) is 0 Å². The number of benzene rings is 1. The summed E-state index contributed by atoms with van der Waals surface area (Å²) in [7, 11) is 0. The van der Waals surface area contributed by atoms with Crippen molar-refractivity contribution in [1.29, 1.82) is 0 Å². The normalized spacial score (nSPS) is 19.2. The average Bonchev–Trinajstić information content (AvgIpc) is 3.65. The van der Waals surface area contributed by atoms with Crippen LogP contribution in [0, 0.1) is 5.41 Å². The Labute approximate surface area is 211 Å². The minimum atomic E-state index is -4.50. The topological polar surface area (TPSA) is 67.9 Å². The van der Waals surface area contributed by atoms with Gasteiger partial charge in [0.05, 0.1) is 17.3 Å². The Kier molecular flexibility index (Phi) is 4.93. The Morgan fingerprint density at radius 2 is 1.84 bits per heavy atom. The van der Waals surface area contributed by atoms with E-state index in [4.69, 9.17) is 4.52 Å². The Bertz CT molecular complexity index is 1530. The molecular formula is C28H24F3N5O. The second kappa shape index (κ2) is 8.13. The molecule has 1 aliphatic heterocycles. The van der Waals surface area contributed by atoms with Crippen molar-refractivity contribution >= 4 is 22.2 Å². The van der Waals surface area contributed by atoms with Crippen LogP contribution in [0.5, 0.6) is 0 Å².